The Bertz CT molecular complexity index is 565. The van der Waals surface area contributed by atoms with Crippen molar-refractivity contribution in [2.75, 3.05) is 0 Å². The van der Waals surface area contributed by atoms with Crippen molar-refractivity contribution in [3.8, 4) is 11.4 Å². The summed E-state index contributed by atoms with van der Waals surface area (Å²) in [6, 6.07) is 0. The maximum Gasteiger partial charge on any atom is 0.225 e. The van der Waals surface area contributed by atoms with Crippen molar-refractivity contribution in [1.82, 2.24) is 19.9 Å². The molecule has 96 valence electrons. The highest BCUT2D eigenvalue weighted by Crippen LogP contribution is 2.25. The summed E-state index contributed by atoms with van der Waals surface area (Å²) < 4.78 is 6.83. The molecule has 7 heteroatoms. The molecule has 0 spiro atoms. The van der Waals surface area contributed by atoms with Crippen LogP contribution in [0.3, 0.4) is 0 Å². The Morgan fingerprint density at radius 3 is 2.67 bits per heavy atom. The highest BCUT2D eigenvalue weighted by atomic mass is 16.5. The lowest BCUT2D eigenvalue weighted by Crippen LogP contribution is -2.14. The molecule has 0 aromatic carbocycles. The second-order valence-corrected chi connectivity index (χ2v) is 4.01. The van der Waals surface area contributed by atoms with Crippen LogP contribution in [-0.2, 0) is 17.8 Å². The number of carbonyl (C=O) groups is 1. The highest BCUT2D eigenvalue weighted by Gasteiger charge is 2.19. The van der Waals surface area contributed by atoms with E-state index in [2.05, 4.69) is 15.2 Å². The lowest BCUT2D eigenvalue weighted by atomic mass is 10.2. The Kier molecular flexibility index (Phi) is 3.14. The minimum atomic E-state index is -0.450. The van der Waals surface area contributed by atoms with Crippen LogP contribution in [0.4, 0.5) is 0 Å². The molecule has 18 heavy (non-hydrogen) atoms. The maximum atomic E-state index is 10.9. The molecule has 0 radical (unpaired) electrons. The van der Waals surface area contributed by atoms with Gasteiger partial charge in [-0.2, -0.15) is 5.10 Å². The second kappa shape index (κ2) is 4.59. The van der Waals surface area contributed by atoms with Gasteiger partial charge in [0.2, 0.25) is 5.91 Å². The van der Waals surface area contributed by atoms with Gasteiger partial charge < -0.3 is 10.3 Å². The Labute approximate surface area is 104 Å². The Hall–Kier alpha value is -2.18. The molecule has 0 aliphatic heterocycles. The lowest BCUT2D eigenvalue weighted by Gasteiger charge is -2.00. The number of hydrogen-bond donors (Lipinski definition) is 1. The van der Waals surface area contributed by atoms with Crippen LogP contribution in [0.25, 0.3) is 11.4 Å². The number of carbonyl (C=O) groups excluding carboxylic acids is 1. The van der Waals surface area contributed by atoms with Gasteiger partial charge in [-0.1, -0.05) is 5.16 Å². The van der Waals surface area contributed by atoms with Crippen molar-refractivity contribution in [2.45, 2.75) is 33.7 Å². The summed E-state index contributed by atoms with van der Waals surface area (Å²) in [6.07, 6.45) is 0.0311. The normalized spacial score (nSPS) is 10.8. The van der Waals surface area contributed by atoms with Gasteiger partial charge in [0.25, 0.3) is 0 Å². The van der Waals surface area contributed by atoms with Gasteiger partial charge in [0.1, 0.15) is 5.76 Å². The topological polar surface area (TPSA) is 99.8 Å². The molecule has 0 bridgehead atoms. The van der Waals surface area contributed by atoms with E-state index in [1.807, 2.05) is 20.8 Å². The summed E-state index contributed by atoms with van der Waals surface area (Å²) in [5.74, 6) is 1.30. The van der Waals surface area contributed by atoms with Crippen LogP contribution >= 0.6 is 0 Å². The molecular weight excluding hydrogens is 234 g/mol. The number of amides is 1. The fraction of sp³-hybridized carbons (Fsp3) is 0.455. The molecule has 7 nitrogen and oxygen atoms in total. The zero-order chi connectivity index (χ0) is 13.3. The van der Waals surface area contributed by atoms with E-state index >= 15 is 0 Å². The van der Waals surface area contributed by atoms with Gasteiger partial charge in [0.15, 0.2) is 11.6 Å². The summed E-state index contributed by atoms with van der Waals surface area (Å²) in [7, 11) is 0. The summed E-state index contributed by atoms with van der Waals surface area (Å²) in [5.41, 5.74) is 6.71. The van der Waals surface area contributed by atoms with E-state index in [9.17, 15) is 4.79 Å². The molecule has 0 saturated heterocycles. The first-order valence-electron chi connectivity index (χ1n) is 5.68. The van der Waals surface area contributed by atoms with E-state index in [0.717, 1.165) is 11.3 Å². The molecule has 2 aromatic heterocycles. The van der Waals surface area contributed by atoms with E-state index < -0.39 is 5.91 Å². The number of hydrogen-bond acceptors (Lipinski definition) is 5. The first-order valence-corrected chi connectivity index (χ1v) is 5.68. The van der Waals surface area contributed by atoms with Crippen molar-refractivity contribution in [2.24, 2.45) is 5.73 Å². The van der Waals surface area contributed by atoms with Crippen LogP contribution in [0.1, 0.15) is 24.2 Å². The molecule has 2 heterocycles. The fourth-order valence-corrected chi connectivity index (χ4v) is 1.83. The molecule has 0 aliphatic carbocycles. The van der Waals surface area contributed by atoms with E-state index in [0.29, 0.717) is 24.0 Å². The second-order valence-electron chi connectivity index (χ2n) is 4.01. The third kappa shape index (κ3) is 2.11. The van der Waals surface area contributed by atoms with Crippen molar-refractivity contribution in [1.29, 1.82) is 0 Å². The summed E-state index contributed by atoms with van der Waals surface area (Å²) in [6.45, 7) is 6.25. The van der Waals surface area contributed by atoms with Gasteiger partial charge in [-0.25, -0.2) is 9.67 Å². The lowest BCUT2D eigenvalue weighted by molar-refractivity contribution is -0.117. The molecule has 2 N–H and O–H groups in total. The minimum Gasteiger partial charge on any atom is -0.369 e. The number of rotatable bonds is 4. The van der Waals surface area contributed by atoms with E-state index in [1.165, 1.54) is 0 Å². The van der Waals surface area contributed by atoms with Crippen molar-refractivity contribution >= 4 is 5.91 Å². The average molecular weight is 249 g/mol. The molecule has 0 unspecified atom stereocenters. The molecule has 0 atom stereocenters. The quantitative estimate of drug-likeness (QED) is 0.855. The van der Waals surface area contributed by atoms with Crippen LogP contribution in [-0.4, -0.2) is 25.8 Å². The Morgan fingerprint density at radius 1 is 1.44 bits per heavy atom. The highest BCUT2D eigenvalue weighted by molar-refractivity contribution is 5.75. The van der Waals surface area contributed by atoms with E-state index in [-0.39, 0.29) is 6.42 Å². The monoisotopic (exact) mass is 249 g/mol. The number of nitrogens with zero attached hydrogens (tertiary/aromatic N) is 4. The van der Waals surface area contributed by atoms with Gasteiger partial charge in [-0.15, -0.1) is 0 Å². The molecule has 0 aliphatic rings. The van der Waals surface area contributed by atoms with Crippen molar-refractivity contribution in [3.63, 3.8) is 0 Å². The SMILES string of the molecule is CCn1nc(CC(N)=O)nc1-c1c(C)noc1C. The third-order valence-electron chi connectivity index (χ3n) is 2.60. The van der Waals surface area contributed by atoms with Crippen LogP contribution in [0.2, 0.25) is 0 Å². The standard InChI is InChI=1S/C11H15N5O2/c1-4-16-11(10-6(2)15-18-7(10)3)13-9(14-16)5-8(12)17/h4-5H2,1-3H3,(H2,12,17). The minimum absolute atomic E-state index is 0.0311. The predicted octanol–water partition coefficient (Wildman–Crippen LogP) is 0.598. The summed E-state index contributed by atoms with van der Waals surface area (Å²) in [5, 5.41) is 8.13. The average Bonchev–Trinajstić information content (AvgIpc) is 2.82. The van der Waals surface area contributed by atoms with Crippen molar-refractivity contribution < 1.29 is 9.32 Å². The van der Waals surface area contributed by atoms with Crippen molar-refractivity contribution in [3.05, 3.63) is 17.3 Å². The van der Waals surface area contributed by atoms with Gasteiger partial charge in [0.05, 0.1) is 17.7 Å². The molecule has 2 aromatic rings. The van der Waals surface area contributed by atoms with Gasteiger partial charge in [-0.05, 0) is 20.8 Å². The van der Waals surface area contributed by atoms with Crippen LogP contribution in [0.15, 0.2) is 4.52 Å². The molecule has 1 amide bonds. The first-order chi connectivity index (χ1) is 8.52. The molecule has 2 rings (SSSR count). The molecule has 0 fully saturated rings. The first kappa shape index (κ1) is 12.3. The fourth-order valence-electron chi connectivity index (χ4n) is 1.83. The largest absolute Gasteiger partial charge is 0.369 e. The van der Waals surface area contributed by atoms with Gasteiger partial charge in [0, 0.05) is 6.54 Å². The Balaban J connectivity index is 2.50. The molecular formula is C11H15N5O2. The Morgan fingerprint density at radius 2 is 2.17 bits per heavy atom. The van der Waals surface area contributed by atoms with Crippen LogP contribution in [0, 0.1) is 13.8 Å². The van der Waals surface area contributed by atoms with E-state index in [1.54, 1.807) is 4.68 Å². The van der Waals surface area contributed by atoms with Gasteiger partial charge >= 0.3 is 0 Å². The maximum absolute atomic E-state index is 10.9. The zero-order valence-corrected chi connectivity index (χ0v) is 10.6. The predicted molar refractivity (Wildman–Crippen MR) is 63.6 cm³/mol. The van der Waals surface area contributed by atoms with Crippen LogP contribution in [0.5, 0.6) is 0 Å². The number of nitrogens with two attached hydrogens (primary N) is 1. The van der Waals surface area contributed by atoms with Gasteiger partial charge in [-0.3, -0.25) is 4.79 Å². The summed E-state index contributed by atoms with van der Waals surface area (Å²) in [4.78, 5) is 15.2. The summed E-state index contributed by atoms with van der Waals surface area (Å²) >= 11 is 0. The smallest absolute Gasteiger partial charge is 0.225 e. The number of aryl methyl sites for hydroxylation is 3. The third-order valence-corrected chi connectivity index (χ3v) is 2.60. The number of aromatic nitrogens is 4. The number of primary amides is 1. The zero-order valence-electron chi connectivity index (χ0n) is 10.6. The molecule has 0 saturated carbocycles. The van der Waals surface area contributed by atoms with Crippen LogP contribution < -0.4 is 5.73 Å². The van der Waals surface area contributed by atoms with E-state index in [4.69, 9.17) is 10.3 Å².